The predicted molar refractivity (Wildman–Crippen MR) is 88.6 cm³/mol. The Hall–Kier alpha value is -2.29. The first-order valence-electron chi connectivity index (χ1n) is 7.60. The fraction of sp³-hybridized carbons (Fsp3) is 0.316. The lowest BCUT2D eigenvalue weighted by Crippen LogP contribution is -2.23. The van der Waals surface area contributed by atoms with Gasteiger partial charge in [0.05, 0.1) is 6.04 Å². The molecule has 0 bridgehead atoms. The average Bonchev–Trinajstić information content (AvgIpc) is 2.46. The predicted octanol–water partition coefficient (Wildman–Crippen LogP) is 4.60. The first-order valence-corrected chi connectivity index (χ1v) is 7.60. The maximum absolute atomic E-state index is 12.3. The monoisotopic (exact) mass is 295 g/mol. The van der Waals surface area contributed by atoms with Gasteiger partial charge in [-0.3, -0.25) is 4.79 Å². The first-order chi connectivity index (χ1) is 10.4. The van der Waals surface area contributed by atoms with E-state index in [1.165, 1.54) is 0 Å². The van der Waals surface area contributed by atoms with Crippen LogP contribution in [0, 0.1) is 0 Å². The molecule has 0 spiro atoms. The molecule has 1 aliphatic rings. The molecule has 1 unspecified atom stereocenters. The minimum Gasteiger partial charge on any atom is -0.488 e. The van der Waals surface area contributed by atoms with Crippen molar-refractivity contribution in [3.63, 3.8) is 0 Å². The van der Waals surface area contributed by atoms with Gasteiger partial charge in [0, 0.05) is 17.7 Å². The number of hydrogen-bond donors (Lipinski definition) is 1. The molecule has 3 heteroatoms. The average molecular weight is 295 g/mol. The molecule has 0 saturated heterocycles. The summed E-state index contributed by atoms with van der Waals surface area (Å²) >= 11 is 0. The van der Waals surface area contributed by atoms with Crippen molar-refractivity contribution < 1.29 is 9.53 Å². The standard InChI is InChI=1S/C19H21NO2/c1-19(2,3)22-14-10-8-13(9-11-14)17-12-18(21)15-6-4-5-7-16(15)20-17/h4-11,17,20H,12H2,1-3H3. The lowest BCUT2D eigenvalue weighted by molar-refractivity contribution is 0.0972. The second-order valence-corrected chi connectivity index (χ2v) is 6.65. The molecule has 0 fully saturated rings. The highest BCUT2D eigenvalue weighted by Gasteiger charge is 2.25. The van der Waals surface area contributed by atoms with Crippen molar-refractivity contribution in [3.8, 4) is 5.75 Å². The SMILES string of the molecule is CC(C)(C)Oc1ccc(C2CC(=O)c3ccccc3N2)cc1. The third kappa shape index (κ3) is 3.14. The van der Waals surface area contributed by atoms with Crippen molar-refractivity contribution in [1.82, 2.24) is 0 Å². The fourth-order valence-electron chi connectivity index (χ4n) is 2.71. The number of benzene rings is 2. The Morgan fingerprint density at radius 3 is 2.41 bits per heavy atom. The van der Waals surface area contributed by atoms with Gasteiger partial charge < -0.3 is 10.1 Å². The van der Waals surface area contributed by atoms with E-state index < -0.39 is 0 Å². The summed E-state index contributed by atoms with van der Waals surface area (Å²) < 4.78 is 5.83. The van der Waals surface area contributed by atoms with Crippen LogP contribution in [0.2, 0.25) is 0 Å². The lowest BCUT2D eigenvalue weighted by atomic mass is 9.92. The molecule has 3 rings (SSSR count). The van der Waals surface area contributed by atoms with Crippen LogP contribution < -0.4 is 10.1 Å². The molecule has 3 nitrogen and oxygen atoms in total. The smallest absolute Gasteiger partial charge is 0.167 e. The van der Waals surface area contributed by atoms with Crippen molar-refractivity contribution in [2.75, 3.05) is 5.32 Å². The van der Waals surface area contributed by atoms with Gasteiger partial charge in [0.15, 0.2) is 5.78 Å². The maximum Gasteiger partial charge on any atom is 0.167 e. The number of fused-ring (bicyclic) bond motifs is 1. The Morgan fingerprint density at radius 1 is 1.05 bits per heavy atom. The van der Waals surface area contributed by atoms with Crippen LogP contribution in [-0.4, -0.2) is 11.4 Å². The molecule has 1 heterocycles. The third-order valence-electron chi connectivity index (χ3n) is 3.65. The van der Waals surface area contributed by atoms with E-state index in [-0.39, 0.29) is 17.4 Å². The number of nitrogens with one attached hydrogen (secondary N) is 1. The number of ketones is 1. The molecule has 0 radical (unpaired) electrons. The molecule has 1 N–H and O–H groups in total. The number of Topliss-reactive ketones (excluding diaryl/α,β-unsaturated/α-hetero) is 1. The topological polar surface area (TPSA) is 38.3 Å². The van der Waals surface area contributed by atoms with E-state index in [1.54, 1.807) is 0 Å². The first kappa shape index (κ1) is 14.6. The minimum absolute atomic E-state index is 0.0195. The highest BCUT2D eigenvalue weighted by molar-refractivity contribution is 6.03. The second-order valence-electron chi connectivity index (χ2n) is 6.65. The normalized spacial score (nSPS) is 17.6. The molecule has 1 atom stereocenters. The van der Waals surface area contributed by atoms with Crippen LogP contribution in [0.15, 0.2) is 48.5 Å². The van der Waals surface area contributed by atoms with Crippen LogP contribution in [0.3, 0.4) is 0 Å². The zero-order chi connectivity index (χ0) is 15.7. The zero-order valence-electron chi connectivity index (χ0n) is 13.2. The summed E-state index contributed by atoms with van der Waals surface area (Å²) in [6.07, 6.45) is 0.483. The molecular formula is C19H21NO2. The highest BCUT2D eigenvalue weighted by Crippen LogP contribution is 2.33. The second kappa shape index (κ2) is 5.48. The summed E-state index contributed by atoms with van der Waals surface area (Å²) in [7, 11) is 0. The number of ether oxygens (including phenoxy) is 1. The van der Waals surface area contributed by atoms with Gasteiger partial charge in [0.25, 0.3) is 0 Å². The molecule has 2 aromatic rings. The number of rotatable bonds is 2. The summed E-state index contributed by atoms with van der Waals surface area (Å²) in [5.41, 5.74) is 2.59. The summed E-state index contributed by atoms with van der Waals surface area (Å²) in [5.74, 6) is 1.04. The molecule has 114 valence electrons. The van der Waals surface area contributed by atoms with Gasteiger partial charge in [0.2, 0.25) is 0 Å². The largest absolute Gasteiger partial charge is 0.488 e. The molecule has 0 amide bonds. The zero-order valence-corrected chi connectivity index (χ0v) is 13.2. The molecular weight excluding hydrogens is 274 g/mol. The number of hydrogen-bond acceptors (Lipinski definition) is 3. The van der Waals surface area contributed by atoms with Gasteiger partial charge in [-0.05, 0) is 50.6 Å². The summed E-state index contributed by atoms with van der Waals surface area (Å²) in [4.78, 5) is 12.3. The van der Waals surface area contributed by atoms with Crippen LogP contribution >= 0.6 is 0 Å². The van der Waals surface area contributed by atoms with E-state index in [4.69, 9.17) is 4.74 Å². The van der Waals surface area contributed by atoms with Gasteiger partial charge in [-0.15, -0.1) is 0 Å². The Kier molecular flexibility index (Phi) is 3.65. The van der Waals surface area contributed by atoms with Crippen LogP contribution in [0.4, 0.5) is 5.69 Å². The number of para-hydroxylation sites is 1. The minimum atomic E-state index is -0.209. The van der Waals surface area contributed by atoms with Crippen molar-refractivity contribution in [2.45, 2.75) is 38.8 Å². The molecule has 0 aliphatic carbocycles. The summed E-state index contributed by atoms with van der Waals surface area (Å²) in [5, 5.41) is 3.45. The van der Waals surface area contributed by atoms with E-state index in [9.17, 15) is 4.79 Å². The fourth-order valence-corrected chi connectivity index (χ4v) is 2.71. The van der Waals surface area contributed by atoms with Gasteiger partial charge in [-0.1, -0.05) is 24.3 Å². The van der Waals surface area contributed by atoms with E-state index >= 15 is 0 Å². The van der Waals surface area contributed by atoms with Gasteiger partial charge in [0.1, 0.15) is 11.4 Å². The van der Waals surface area contributed by atoms with E-state index in [1.807, 2.05) is 69.3 Å². The lowest BCUT2D eigenvalue weighted by Gasteiger charge is -2.27. The molecule has 0 saturated carbocycles. The molecule has 0 aromatic heterocycles. The maximum atomic E-state index is 12.3. The van der Waals surface area contributed by atoms with Crippen LogP contribution in [0.5, 0.6) is 5.75 Å². The highest BCUT2D eigenvalue weighted by atomic mass is 16.5. The quantitative estimate of drug-likeness (QED) is 0.879. The van der Waals surface area contributed by atoms with Crippen LogP contribution in [-0.2, 0) is 0 Å². The number of carbonyl (C=O) groups excluding carboxylic acids is 1. The Morgan fingerprint density at radius 2 is 1.73 bits per heavy atom. The number of carbonyl (C=O) groups is 1. The van der Waals surface area contributed by atoms with Crippen LogP contribution in [0.1, 0.15) is 49.2 Å². The van der Waals surface area contributed by atoms with Crippen molar-refractivity contribution in [3.05, 3.63) is 59.7 Å². The molecule has 2 aromatic carbocycles. The van der Waals surface area contributed by atoms with Gasteiger partial charge in [-0.2, -0.15) is 0 Å². The van der Waals surface area contributed by atoms with Gasteiger partial charge >= 0.3 is 0 Å². The van der Waals surface area contributed by atoms with E-state index in [0.717, 1.165) is 22.6 Å². The van der Waals surface area contributed by atoms with Gasteiger partial charge in [-0.25, -0.2) is 0 Å². The third-order valence-corrected chi connectivity index (χ3v) is 3.65. The summed E-state index contributed by atoms with van der Waals surface area (Å²) in [6.45, 7) is 6.08. The Balaban J connectivity index is 1.80. The van der Waals surface area contributed by atoms with Crippen molar-refractivity contribution in [2.24, 2.45) is 0 Å². The Bertz CT molecular complexity index is 683. The van der Waals surface area contributed by atoms with Crippen molar-refractivity contribution >= 4 is 11.5 Å². The van der Waals surface area contributed by atoms with Crippen LogP contribution in [0.25, 0.3) is 0 Å². The molecule has 1 aliphatic heterocycles. The summed E-state index contributed by atoms with van der Waals surface area (Å²) in [6, 6.07) is 15.7. The molecule has 22 heavy (non-hydrogen) atoms. The van der Waals surface area contributed by atoms with E-state index in [2.05, 4.69) is 5.32 Å². The van der Waals surface area contributed by atoms with E-state index in [0.29, 0.717) is 6.42 Å². The Labute approximate surface area is 131 Å². The number of anilines is 1. The van der Waals surface area contributed by atoms with Crippen molar-refractivity contribution in [1.29, 1.82) is 0 Å².